The number of Topliss-reactive ketones (excluding diaryl/α,β-unsaturated/α-hetero) is 1. The van der Waals surface area contributed by atoms with Crippen molar-refractivity contribution in [2.45, 2.75) is 57.9 Å². The molecule has 1 amide bonds. The van der Waals surface area contributed by atoms with Gasteiger partial charge in [-0.25, -0.2) is 9.67 Å². The van der Waals surface area contributed by atoms with Gasteiger partial charge in [0.2, 0.25) is 5.91 Å². The maximum Gasteiger partial charge on any atom is 0.223 e. The Labute approximate surface area is 301 Å². The molecule has 1 aliphatic heterocycles. The van der Waals surface area contributed by atoms with Gasteiger partial charge in [0, 0.05) is 80.3 Å². The smallest absolute Gasteiger partial charge is 0.223 e. The van der Waals surface area contributed by atoms with E-state index in [9.17, 15) is 9.59 Å². The molecule has 0 spiro atoms. The summed E-state index contributed by atoms with van der Waals surface area (Å²) in [5.74, 6) is 0.377. The van der Waals surface area contributed by atoms with Crippen LogP contribution in [0.3, 0.4) is 0 Å². The number of anilines is 2. The third-order valence-electron chi connectivity index (χ3n) is 10.5. The fraction of sp³-hybridized carbons (Fsp3) is 0.359. The zero-order chi connectivity index (χ0) is 34.2. The molecule has 2 aromatic carbocycles. The summed E-state index contributed by atoms with van der Waals surface area (Å²) in [5, 5.41) is 8.97. The lowest BCUT2D eigenvalue weighted by Crippen LogP contribution is -2.51. The number of hydrogen-bond donors (Lipinski definition) is 1. The predicted molar refractivity (Wildman–Crippen MR) is 200 cm³/mol. The van der Waals surface area contributed by atoms with Gasteiger partial charge in [-0.2, -0.15) is 5.10 Å². The van der Waals surface area contributed by atoms with Crippen LogP contribution >= 0.6 is 22.9 Å². The molecule has 9 nitrogen and oxygen atoms in total. The van der Waals surface area contributed by atoms with Crippen molar-refractivity contribution in [3.63, 3.8) is 0 Å². The second-order valence-corrected chi connectivity index (χ2v) is 15.0. The second-order valence-electron chi connectivity index (χ2n) is 13.6. The minimum absolute atomic E-state index is 0.140. The highest BCUT2D eigenvalue weighted by Crippen LogP contribution is 2.45. The van der Waals surface area contributed by atoms with Crippen LogP contribution in [0.15, 0.2) is 73.1 Å². The molecule has 1 saturated carbocycles. The highest BCUT2D eigenvalue weighted by molar-refractivity contribution is 7.19. The molecule has 0 unspecified atom stereocenters. The number of para-hydroxylation sites is 1. The van der Waals surface area contributed by atoms with Crippen molar-refractivity contribution in [3.05, 3.63) is 94.9 Å². The van der Waals surface area contributed by atoms with Gasteiger partial charge in [0.1, 0.15) is 0 Å². The number of thiazole rings is 1. The van der Waals surface area contributed by atoms with E-state index in [-0.39, 0.29) is 11.7 Å². The minimum atomic E-state index is -0.158. The maximum absolute atomic E-state index is 13.6. The largest absolute Gasteiger partial charge is 0.369 e. The highest BCUT2D eigenvalue weighted by Gasteiger charge is 2.32. The molecule has 0 radical (unpaired) electrons. The summed E-state index contributed by atoms with van der Waals surface area (Å²) in [7, 11) is 0. The van der Waals surface area contributed by atoms with Crippen molar-refractivity contribution in [1.82, 2.24) is 24.6 Å². The molecule has 50 heavy (non-hydrogen) atoms. The van der Waals surface area contributed by atoms with Crippen LogP contribution in [0.2, 0.25) is 5.02 Å². The Morgan fingerprint density at radius 1 is 0.960 bits per heavy atom. The van der Waals surface area contributed by atoms with Crippen LogP contribution in [0.4, 0.5) is 10.8 Å². The lowest BCUT2D eigenvalue weighted by Gasteiger charge is -2.42. The molecule has 3 aliphatic rings. The van der Waals surface area contributed by atoms with E-state index in [4.69, 9.17) is 21.7 Å². The quantitative estimate of drug-likeness (QED) is 0.165. The van der Waals surface area contributed by atoms with Crippen LogP contribution in [0.1, 0.15) is 60.6 Å². The Bertz CT molecular complexity index is 2010. The number of aryl methyl sites for hydroxylation is 1. The van der Waals surface area contributed by atoms with E-state index in [1.807, 2.05) is 35.1 Å². The number of amides is 1. The molecule has 4 heterocycles. The van der Waals surface area contributed by atoms with E-state index >= 15 is 0 Å². The first-order valence-corrected chi connectivity index (χ1v) is 18.8. The Balaban J connectivity index is 0.965. The van der Waals surface area contributed by atoms with E-state index in [1.54, 1.807) is 12.3 Å². The van der Waals surface area contributed by atoms with Crippen molar-refractivity contribution in [2.24, 2.45) is 5.92 Å². The number of carbonyl (C=O) groups excluding carboxylic acids is 2. The standard InChI is InChI=1S/C39H40ClN7O2S/c1-25(48)42-39-43-33-15-14-31-36(28-6-5-17-41-24-28)44-47(37(31)38(33)50-39)34-16-11-27(23-32(34)40)35(49)22-26-9-12-30(13-10-26)46-20-18-45(19-21-46)29-7-3-2-4-8-29/h2-8,11,16-17,23-24,26,30H,9-10,12-15,18-22H2,1H3,(H,42,43,48). The fourth-order valence-corrected chi connectivity index (χ4v) is 9.29. The molecule has 1 N–H and O–H groups in total. The topological polar surface area (TPSA) is 96.2 Å². The van der Waals surface area contributed by atoms with Gasteiger partial charge in [-0.1, -0.05) is 41.1 Å². The Hall–Kier alpha value is -4.38. The second kappa shape index (κ2) is 14.1. The van der Waals surface area contributed by atoms with Crippen LogP contribution in [-0.4, -0.2) is 68.6 Å². The minimum Gasteiger partial charge on any atom is -0.369 e. The lowest BCUT2D eigenvalue weighted by molar-refractivity contribution is -0.114. The number of halogens is 1. The van der Waals surface area contributed by atoms with Gasteiger partial charge in [0.15, 0.2) is 10.9 Å². The first-order chi connectivity index (χ1) is 24.4. The summed E-state index contributed by atoms with van der Waals surface area (Å²) in [6.45, 7) is 5.80. The zero-order valence-electron chi connectivity index (χ0n) is 28.1. The fourth-order valence-electron chi connectivity index (χ4n) is 7.91. The van der Waals surface area contributed by atoms with Crippen molar-refractivity contribution < 1.29 is 9.59 Å². The Kier molecular flexibility index (Phi) is 9.24. The average Bonchev–Trinajstić information content (AvgIpc) is 3.73. The summed E-state index contributed by atoms with van der Waals surface area (Å²) in [6.07, 6.45) is 10.1. The van der Waals surface area contributed by atoms with Crippen LogP contribution in [0.25, 0.3) is 27.5 Å². The summed E-state index contributed by atoms with van der Waals surface area (Å²) in [6, 6.07) is 20.8. The van der Waals surface area contributed by atoms with E-state index in [0.717, 1.165) is 97.8 Å². The summed E-state index contributed by atoms with van der Waals surface area (Å²) < 4.78 is 1.88. The van der Waals surface area contributed by atoms with Crippen LogP contribution in [0.5, 0.6) is 0 Å². The van der Waals surface area contributed by atoms with E-state index < -0.39 is 0 Å². The molecule has 1 saturated heterocycles. The van der Waals surface area contributed by atoms with Crippen molar-refractivity contribution in [2.75, 3.05) is 36.4 Å². The number of rotatable bonds is 8. The van der Waals surface area contributed by atoms with Gasteiger partial charge in [-0.05, 0) is 86.9 Å². The summed E-state index contributed by atoms with van der Waals surface area (Å²) in [5.41, 5.74) is 7.35. The number of piperazine rings is 1. The number of nitrogens with one attached hydrogen (secondary N) is 1. The average molecular weight is 706 g/mol. The third kappa shape index (κ3) is 6.59. The van der Waals surface area contributed by atoms with Gasteiger partial charge in [-0.3, -0.25) is 19.5 Å². The van der Waals surface area contributed by atoms with Crippen molar-refractivity contribution in [3.8, 4) is 27.5 Å². The lowest BCUT2D eigenvalue weighted by atomic mass is 9.81. The molecular weight excluding hydrogens is 666 g/mol. The summed E-state index contributed by atoms with van der Waals surface area (Å²) in [4.78, 5) is 40.6. The van der Waals surface area contributed by atoms with E-state index in [0.29, 0.717) is 39.8 Å². The number of nitrogens with zero attached hydrogens (tertiary/aromatic N) is 6. The number of benzene rings is 2. The molecule has 5 aromatic rings. The molecule has 256 valence electrons. The highest BCUT2D eigenvalue weighted by atomic mass is 35.5. The first-order valence-electron chi connectivity index (χ1n) is 17.6. The predicted octanol–water partition coefficient (Wildman–Crippen LogP) is 7.72. The maximum atomic E-state index is 13.6. The Morgan fingerprint density at radius 2 is 1.76 bits per heavy atom. The molecule has 8 rings (SSSR count). The van der Waals surface area contributed by atoms with Crippen LogP contribution in [-0.2, 0) is 17.6 Å². The van der Waals surface area contributed by atoms with Gasteiger partial charge < -0.3 is 10.2 Å². The normalized spacial score (nSPS) is 19.1. The SMILES string of the molecule is CC(=O)Nc1nc2c(s1)-c1c(c(-c3cccnc3)nn1-c1ccc(C(=O)CC3CCC(N4CCN(c5ccccc5)CC4)CC3)cc1Cl)CC2. The van der Waals surface area contributed by atoms with E-state index in [2.05, 4.69) is 50.4 Å². The van der Waals surface area contributed by atoms with Crippen molar-refractivity contribution in [1.29, 1.82) is 0 Å². The molecule has 2 aliphatic carbocycles. The first kappa shape index (κ1) is 32.8. The van der Waals surface area contributed by atoms with Gasteiger partial charge in [0.25, 0.3) is 0 Å². The number of pyridine rings is 1. The molecule has 11 heteroatoms. The molecule has 0 atom stereocenters. The van der Waals surface area contributed by atoms with Crippen LogP contribution in [0, 0.1) is 5.92 Å². The number of aromatic nitrogens is 4. The number of fused-ring (bicyclic) bond motifs is 3. The van der Waals surface area contributed by atoms with Crippen molar-refractivity contribution >= 4 is 45.4 Å². The van der Waals surface area contributed by atoms with Gasteiger partial charge in [0.05, 0.1) is 32.7 Å². The van der Waals surface area contributed by atoms with Gasteiger partial charge in [-0.15, -0.1) is 0 Å². The molecule has 3 aromatic heterocycles. The number of ketones is 1. The number of carbonyl (C=O) groups is 2. The third-order valence-corrected chi connectivity index (χ3v) is 11.8. The molecular formula is C39H40ClN7O2S. The molecule has 0 bridgehead atoms. The zero-order valence-corrected chi connectivity index (χ0v) is 29.7. The number of hydrogen-bond acceptors (Lipinski definition) is 8. The van der Waals surface area contributed by atoms with E-state index in [1.165, 1.54) is 23.9 Å². The van der Waals surface area contributed by atoms with Gasteiger partial charge >= 0.3 is 0 Å². The Morgan fingerprint density at radius 3 is 2.48 bits per heavy atom. The monoisotopic (exact) mass is 705 g/mol. The van der Waals surface area contributed by atoms with Crippen LogP contribution < -0.4 is 10.2 Å². The summed E-state index contributed by atoms with van der Waals surface area (Å²) >= 11 is 8.44. The molecule has 2 fully saturated rings.